The number of hydrogen-bond acceptors (Lipinski definition) is 2. The van der Waals surface area contributed by atoms with Crippen LogP contribution < -0.4 is 5.32 Å². The molecule has 1 fully saturated rings. The largest absolute Gasteiger partial charge is 0.310 e. The number of carbonyl (C=O) groups is 1. The van der Waals surface area contributed by atoms with E-state index in [4.69, 9.17) is 0 Å². The van der Waals surface area contributed by atoms with Crippen LogP contribution in [0.4, 0.5) is 0 Å². The van der Waals surface area contributed by atoms with Gasteiger partial charge in [-0.1, -0.05) is 13.0 Å². The van der Waals surface area contributed by atoms with Gasteiger partial charge in [0.15, 0.2) is 5.78 Å². The number of ketones is 1. The molecule has 2 heteroatoms. The van der Waals surface area contributed by atoms with Gasteiger partial charge in [0, 0.05) is 6.04 Å². The van der Waals surface area contributed by atoms with Crippen LogP contribution in [0, 0.1) is 5.92 Å². The molecule has 0 spiro atoms. The van der Waals surface area contributed by atoms with Gasteiger partial charge in [0.2, 0.25) is 0 Å². The molecule has 1 aliphatic rings. The van der Waals surface area contributed by atoms with Crippen molar-refractivity contribution in [3.63, 3.8) is 0 Å². The summed E-state index contributed by atoms with van der Waals surface area (Å²) in [5.74, 6) is 0.878. The first-order valence-electron chi connectivity index (χ1n) is 4.10. The van der Waals surface area contributed by atoms with Crippen molar-refractivity contribution in [3.8, 4) is 0 Å². The minimum Gasteiger partial charge on any atom is -0.310 e. The van der Waals surface area contributed by atoms with E-state index < -0.39 is 0 Å². The Kier molecular flexibility index (Phi) is 2.83. The zero-order valence-corrected chi connectivity index (χ0v) is 7.13. The third kappa shape index (κ3) is 2.85. The first-order valence-corrected chi connectivity index (χ1v) is 4.10. The minimum atomic E-state index is 0.131. The summed E-state index contributed by atoms with van der Waals surface area (Å²) in [5.41, 5.74) is 0. The van der Waals surface area contributed by atoms with E-state index in [2.05, 4.69) is 12.2 Å². The number of rotatable bonds is 2. The fraction of sp³-hybridized carbons (Fsp3) is 0.667. The average molecular weight is 153 g/mol. The van der Waals surface area contributed by atoms with Crippen molar-refractivity contribution in [2.75, 3.05) is 6.54 Å². The SMILES string of the molecule is CC(=O)/C=C/C1CC(C)CN1. The normalized spacial score (nSPS) is 31.5. The van der Waals surface area contributed by atoms with Crippen LogP contribution in [0.1, 0.15) is 20.3 Å². The highest BCUT2D eigenvalue weighted by Gasteiger charge is 2.17. The van der Waals surface area contributed by atoms with Crippen molar-refractivity contribution < 1.29 is 4.79 Å². The third-order valence-corrected chi connectivity index (χ3v) is 1.95. The summed E-state index contributed by atoms with van der Waals surface area (Å²) < 4.78 is 0. The van der Waals surface area contributed by atoms with Crippen molar-refractivity contribution in [2.24, 2.45) is 5.92 Å². The summed E-state index contributed by atoms with van der Waals surface area (Å²) in [7, 11) is 0. The van der Waals surface area contributed by atoms with E-state index in [0.717, 1.165) is 18.9 Å². The predicted octanol–water partition coefficient (Wildman–Crippen LogP) is 1.13. The number of hydrogen-bond donors (Lipinski definition) is 1. The molecule has 0 amide bonds. The van der Waals surface area contributed by atoms with Crippen LogP contribution in [0.25, 0.3) is 0 Å². The van der Waals surface area contributed by atoms with Gasteiger partial charge in [0.05, 0.1) is 0 Å². The van der Waals surface area contributed by atoms with Crippen molar-refractivity contribution in [1.82, 2.24) is 5.32 Å². The van der Waals surface area contributed by atoms with Crippen LogP contribution in [0.2, 0.25) is 0 Å². The Hall–Kier alpha value is -0.630. The maximum absolute atomic E-state index is 10.6. The number of allylic oxidation sites excluding steroid dienone is 1. The molecule has 2 nitrogen and oxygen atoms in total. The Labute approximate surface area is 67.7 Å². The van der Waals surface area contributed by atoms with Crippen molar-refractivity contribution in [2.45, 2.75) is 26.3 Å². The highest BCUT2D eigenvalue weighted by molar-refractivity contribution is 5.87. The molecule has 0 radical (unpaired) electrons. The molecule has 1 heterocycles. The van der Waals surface area contributed by atoms with E-state index >= 15 is 0 Å². The fourth-order valence-electron chi connectivity index (χ4n) is 1.35. The van der Waals surface area contributed by atoms with Gasteiger partial charge in [-0.3, -0.25) is 4.79 Å². The molecule has 1 N–H and O–H groups in total. The van der Waals surface area contributed by atoms with Gasteiger partial charge in [0.25, 0.3) is 0 Å². The lowest BCUT2D eigenvalue weighted by molar-refractivity contribution is -0.112. The molecule has 0 aromatic carbocycles. The molecular formula is C9H15NO. The first kappa shape index (κ1) is 8.47. The molecular weight excluding hydrogens is 138 g/mol. The molecule has 1 rings (SSSR count). The van der Waals surface area contributed by atoms with Gasteiger partial charge < -0.3 is 5.32 Å². The molecule has 2 atom stereocenters. The lowest BCUT2D eigenvalue weighted by atomic mass is 10.1. The summed E-state index contributed by atoms with van der Waals surface area (Å²) in [4.78, 5) is 10.6. The van der Waals surface area contributed by atoms with Crippen molar-refractivity contribution in [1.29, 1.82) is 0 Å². The highest BCUT2D eigenvalue weighted by atomic mass is 16.1. The molecule has 0 aromatic rings. The fourth-order valence-corrected chi connectivity index (χ4v) is 1.35. The van der Waals surface area contributed by atoms with E-state index in [0.29, 0.717) is 6.04 Å². The maximum Gasteiger partial charge on any atom is 0.152 e. The van der Waals surface area contributed by atoms with Crippen LogP contribution in [-0.2, 0) is 4.79 Å². The third-order valence-electron chi connectivity index (χ3n) is 1.95. The summed E-state index contributed by atoms with van der Waals surface area (Å²) in [6.07, 6.45) is 4.77. The molecule has 2 unspecified atom stereocenters. The Balaban J connectivity index is 2.33. The van der Waals surface area contributed by atoms with E-state index in [1.807, 2.05) is 6.08 Å². The van der Waals surface area contributed by atoms with Crippen molar-refractivity contribution in [3.05, 3.63) is 12.2 Å². The summed E-state index contributed by atoms with van der Waals surface area (Å²) in [5, 5.41) is 3.32. The molecule has 62 valence electrons. The van der Waals surface area contributed by atoms with E-state index in [1.165, 1.54) is 0 Å². The molecule has 11 heavy (non-hydrogen) atoms. The van der Waals surface area contributed by atoms with Gasteiger partial charge in [-0.15, -0.1) is 0 Å². The molecule has 0 bridgehead atoms. The number of nitrogens with one attached hydrogen (secondary N) is 1. The molecule has 1 saturated heterocycles. The van der Waals surface area contributed by atoms with Gasteiger partial charge >= 0.3 is 0 Å². The monoisotopic (exact) mass is 153 g/mol. The summed E-state index contributed by atoms with van der Waals surface area (Å²) >= 11 is 0. The summed E-state index contributed by atoms with van der Waals surface area (Å²) in [6, 6.07) is 0.425. The quantitative estimate of drug-likeness (QED) is 0.602. The Morgan fingerprint density at radius 2 is 2.36 bits per heavy atom. The van der Waals surface area contributed by atoms with Gasteiger partial charge in [-0.05, 0) is 31.9 Å². The zero-order chi connectivity index (χ0) is 8.27. The highest BCUT2D eigenvalue weighted by Crippen LogP contribution is 2.13. The minimum absolute atomic E-state index is 0.131. The predicted molar refractivity (Wildman–Crippen MR) is 45.4 cm³/mol. The lowest BCUT2D eigenvalue weighted by Crippen LogP contribution is -2.18. The van der Waals surface area contributed by atoms with Crippen LogP contribution >= 0.6 is 0 Å². The molecule has 1 aliphatic heterocycles. The molecule has 0 saturated carbocycles. The Bertz CT molecular complexity index is 174. The van der Waals surface area contributed by atoms with Crippen LogP contribution in [0.5, 0.6) is 0 Å². The second-order valence-corrected chi connectivity index (χ2v) is 3.33. The standard InChI is InChI=1S/C9H15NO/c1-7-5-9(10-6-7)4-3-8(2)11/h3-4,7,9-10H,5-6H2,1-2H3/b4-3+. The number of carbonyl (C=O) groups excluding carboxylic acids is 1. The lowest BCUT2D eigenvalue weighted by Gasteiger charge is -2.00. The van der Waals surface area contributed by atoms with E-state index in [9.17, 15) is 4.79 Å². The first-order chi connectivity index (χ1) is 5.18. The van der Waals surface area contributed by atoms with Crippen LogP contribution in [0.15, 0.2) is 12.2 Å². The molecule has 0 aliphatic carbocycles. The van der Waals surface area contributed by atoms with E-state index in [1.54, 1.807) is 13.0 Å². The smallest absolute Gasteiger partial charge is 0.152 e. The van der Waals surface area contributed by atoms with Crippen LogP contribution in [0.3, 0.4) is 0 Å². The van der Waals surface area contributed by atoms with Gasteiger partial charge in [-0.25, -0.2) is 0 Å². The molecule has 0 aromatic heterocycles. The van der Waals surface area contributed by atoms with Gasteiger partial charge in [0.1, 0.15) is 0 Å². The maximum atomic E-state index is 10.6. The second-order valence-electron chi connectivity index (χ2n) is 3.33. The Morgan fingerprint density at radius 1 is 1.64 bits per heavy atom. The van der Waals surface area contributed by atoms with E-state index in [-0.39, 0.29) is 5.78 Å². The topological polar surface area (TPSA) is 29.1 Å². The van der Waals surface area contributed by atoms with Crippen LogP contribution in [-0.4, -0.2) is 18.4 Å². The zero-order valence-electron chi connectivity index (χ0n) is 7.13. The van der Waals surface area contributed by atoms with Crippen molar-refractivity contribution >= 4 is 5.78 Å². The second kappa shape index (κ2) is 3.67. The average Bonchev–Trinajstić information content (AvgIpc) is 2.31. The summed E-state index contributed by atoms with van der Waals surface area (Å²) in [6.45, 7) is 4.87. The Morgan fingerprint density at radius 3 is 2.82 bits per heavy atom. The van der Waals surface area contributed by atoms with Gasteiger partial charge in [-0.2, -0.15) is 0 Å².